The number of aromatic nitrogens is 1. The van der Waals surface area contributed by atoms with Crippen LogP contribution in [0.2, 0.25) is 0 Å². The second-order valence-electron chi connectivity index (χ2n) is 9.23. The van der Waals surface area contributed by atoms with Gasteiger partial charge in [0.1, 0.15) is 24.7 Å². The van der Waals surface area contributed by atoms with Gasteiger partial charge in [-0.3, -0.25) is 4.79 Å². The molecule has 41 heavy (non-hydrogen) atoms. The molecule has 0 aliphatic carbocycles. The molecule has 4 rings (SSSR count). The summed E-state index contributed by atoms with van der Waals surface area (Å²) >= 11 is 0. The lowest BCUT2D eigenvalue weighted by atomic mass is 10.1. The molecular weight excluding hydrogens is 518 g/mol. The van der Waals surface area contributed by atoms with Gasteiger partial charge in [0.2, 0.25) is 0 Å². The number of ether oxygens (including phenoxy) is 3. The first-order valence-electron chi connectivity index (χ1n) is 13.4. The van der Waals surface area contributed by atoms with E-state index in [4.69, 9.17) is 18.6 Å². The third-order valence-corrected chi connectivity index (χ3v) is 6.18. The Kier molecular flexibility index (Phi) is 9.83. The minimum absolute atomic E-state index is 0.130. The summed E-state index contributed by atoms with van der Waals surface area (Å²) in [6.45, 7) is 14.6. The second-order valence-corrected chi connectivity index (χ2v) is 9.23. The SMILES string of the molecule is C=CCOc1c(CC=C)cc(/C=N/NC(=O)c2ccc(COc3ccc(-n4c(C)ccc4C)cc3)o2)cc1OCC. The van der Waals surface area contributed by atoms with Crippen molar-refractivity contribution in [1.29, 1.82) is 0 Å². The third kappa shape index (κ3) is 7.36. The topological polar surface area (TPSA) is 87.2 Å². The molecule has 8 heteroatoms. The summed E-state index contributed by atoms with van der Waals surface area (Å²) in [5, 5.41) is 4.10. The molecular formula is C33H35N3O5. The van der Waals surface area contributed by atoms with Crippen LogP contribution in [-0.4, -0.2) is 29.9 Å². The Morgan fingerprint density at radius 2 is 1.73 bits per heavy atom. The Morgan fingerprint density at radius 1 is 0.976 bits per heavy atom. The first-order valence-corrected chi connectivity index (χ1v) is 13.4. The number of furan rings is 1. The largest absolute Gasteiger partial charge is 0.490 e. The predicted octanol–water partition coefficient (Wildman–Crippen LogP) is 6.72. The number of hydrogen-bond acceptors (Lipinski definition) is 6. The summed E-state index contributed by atoms with van der Waals surface area (Å²) in [7, 11) is 0. The van der Waals surface area contributed by atoms with Gasteiger partial charge in [-0.05, 0) is 93.4 Å². The fraction of sp³-hybridized carbons (Fsp3) is 0.212. The van der Waals surface area contributed by atoms with Crippen molar-refractivity contribution < 1.29 is 23.4 Å². The monoisotopic (exact) mass is 553 g/mol. The smallest absolute Gasteiger partial charge is 0.307 e. The van der Waals surface area contributed by atoms with Gasteiger partial charge in [-0.15, -0.1) is 6.58 Å². The molecule has 2 heterocycles. The van der Waals surface area contributed by atoms with Gasteiger partial charge in [-0.2, -0.15) is 5.10 Å². The highest BCUT2D eigenvalue weighted by atomic mass is 16.5. The Morgan fingerprint density at radius 3 is 2.41 bits per heavy atom. The number of allylic oxidation sites excluding steroid dienone is 1. The first kappa shape index (κ1) is 29.0. The van der Waals surface area contributed by atoms with Crippen molar-refractivity contribution in [2.24, 2.45) is 5.10 Å². The number of rotatable bonds is 14. The van der Waals surface area contributed by atoms with Gasteiger partial charge in [-0.1, -0.05) is 18.7 Å². The lowest BCUT2D eigenvalue weighted by molar-refractivity contribution is 0.0923. The molecule has 1 N–H and O–H groups in total. The summed E-state index contributed by atoms with van der Waals surface area (Å²) in [5.74, 6) is 2.10. The average Bonchev–Trinajstić information content (AvgIpc) is 3.58. The molecule has 0 aliphatic rings. The maximum absolute atomic E-state index is 12.6. The third-order valence-electron chi connectivity index (χ3n) is 6.18. The highest BCUT2D eigenvalue weighted by Crippen LogP contribution is 2.33. The zero-order chi connectivity index (χ0) is 29.2. The van der Waals surface area contributed by atoms with Crippen molar-refractivity contribution >= 4 is 12.1 Å². The summed E-state index contributed by atoms with van der Waals surface area (Å²) in [5.41, 5.74) is 7.53. The summed E-state index contributed by atoms with van der Waals surface area (Å²) in [6.07, 6.45) is 5.58. The molecule has 4 aromatic rings. The number of hydrazone groups is 1. The zero-order valence-corrected chi connectivity index (χ0v) is 23.7. The van der Waals surface area contributed by atoms with Crippen molar-refractivity contribution in [2.45, 2.75) is 33.8 Å². The number of carbonyl (C=O) groups excluding carboxylic acids is 1. The standard InChI is InChI=1S/C33H35N3O5/c1-6-9-26-19-25(20-31(38-8-3)32(26)39-18-7-2)21-34-35-33(37)30-17-16-29(41-30)22-40-28-14-12-27(13-15-28)36-23(4)10-11-24(36)5/h6-7,10-17,19-21H,1-2,8-9,18,22H2,3-5H3,(H,35,37)/b34-21+. The molecule has 0 bridgehead atoms. The van der Waals surface area contributed by atoms with Crippen LogP contribution in [0, 0.1) is 13.8 Å². The van der Waals surface area contributed by atoms with Crippen LogP contribution in [0.1, 0.15) is 45.8 Å². The fourth-order valence-corrected chi connectivity index (χ4v) is 4.35. The molecule has 0 unspecified atom stereocenters. The van der Waals surface area contributed by atoms with E-state index in [1.165, 1.54) is 17.6 Å². The van der Waals surface area contributed by atoms with Crippen LogP contribution in [0.3, 0.4) is 0 Å². The number of aryl methyl sites for hydroxylation is 2. The van der Waals surface area contributed by atoms with Crippen molar-refractivity contribution in [3.63, 3.8) is 0 Å². The van der Waals surface area contributed by atoms with E-state index in [9.17, 15) is 4.79 Å². The van der Waals surface area contributed by atoms with Crippen molar-refractivity contribution in [2.75, 3.05) is 13.2 Å². The lowest BCUT2D eigenvalue weighted by Crippen LogP contribution is -2.16. The Balaban J connectivity index is 1.36. The normalized spacial score (nSPS) is 10.9. The van der Waals surface area contributed by atoms with E-state index < -0.39 is 5.91 Å². The van der Waals surface area contributed by atoms with Gasteiger partial charge in [0.15, 0.2) is 17.3 Å². The van der Waals surface area contributed by atoms with E-state index in [1.54, 1.807) is 30.4 Å². The van der Waals surface area contributed by atoms with Gasteiger partial charge in [0.25, 0.3) is 0 Å². The van der Waals surface area contributed by atoms with Crippen LogP contribution >= 0.6 is 0 Å². The van der Waals surface area contributed by atoms with E-state index in [1.807, 2.05) is 37.3 Å². The van der Waals surface area contributed by atoms with Gasteiger partial charge in [0, 0.05) is 22.6 Å². The maximum Gasteiger partial charge on any atom is 0.307 e. The number of benzene rings is 2. The number of hydrogen-bond donors (Lipinski definition) is 1. The van der Waals surface area contributed by atoms with Gasteiger partial charge in [-0.25, -0.2) is 5.43 Å². The van der Waals surface area contributed by atoms with Gasteiger partial charge < -0.3 is 23.2 Å². The molecule has 0 spiro atoms. The number of nitrogens with one attached hydrogen (secondary N) is 1. The van der Waals surface area contributed by atoms with Crippen molar-refractivity contribution in [1.82, 2.24) is 9.99 Å². The van der Waals surface area contributed by atoms with E-state index in [0.717, 1.165) is 16.8 Å². The molecule has 1 amide bonds. The Bertz CT molecular complexity index is 1510. The number of carbonyl (C=O) groups is 1. The highest BCUT2D eigenvalue weighted by molar-refractivity contribution is 5.92. The lowest BCUT2D eigenvalue weighted by Gasteiger charge is -2.15. The van der Waals surface area contributed by atoms with Crippen LogP contribution < -0.4 is 19.6 Å². The zero-order valence-electron chi connectivity index (χ0n) is 23.7. The summed E-state index contributed by atoms with van der Waals surface area (Å²) in [4.78, 5) is 12.6. The molecule has 0 atom stereocenters. The van der Waals surface area contributed by atoms with Crippen molar-refractivity contribution in [3.05, 3.63) is 120 Å². The van der Waals surface area contributed by atoms with Gasteiger partial charge in [0.05, 0.1) is 12.8 Å². The minimum atomic E-state index is -0.475. The molecule has 8 nitrogen and oxygen atoms in total. The maximum atomic E-state index is 12.6. The Labute approximate surface area is 240 Å². The molecule has 0 fully saturated rings. The predicted molar refractivity (Wildman–Crippen MR) is 161 cm³/mol. The average molecular weight is 554 g/mol. The second kappa shape index (κ2) is 13.9. The van der Waals surface area contributed by atoms with Crippen LogP contribution in [0.5, 0.6) is 17.2 Å². The van der Waals surface area contributed by atoms with Crippen molar-refractivity contribution in [3.8, 4) is 22.9 Å². The van der Waals surface area contributed by atoms with E-state index in [-0.39, 0.29) is 12.4 Å². The molecule has 0 saturated carbocycles. The fourth-order valence-electron chi connectivity index (χ4n) is 4.35. The highest BCUT2D eigenvalue weighted by Gasteiger charge is 2.14. The molecule has 2 aromatic carbocycles. The summed E-state index contributed by atoms with van der Waals surface area (Å²) < 4.78 is 25.3. The number of amides is 1. The summed E-state index contributed by atoms with van der Waals surface area (Å²) in [6, 6.07) is 19.0. The quantitative estimate of drug-likeness (QED) is 0.106. The molecule has 0 aliphatic heterocycles. The van der Waals surface area contributed by atoms with E-state index >= 15 is 0 Å². The first-order chi connectivity index (χ1) is 19.9. The molecule has 0 saturated heterocycles. The number of nitrogens with zero attached hydrogens (tertiary/aromatic N) is 2. The van der Waals surface area contributed by atoms with Crippen LogP contribution in [0.25, 0.3) is 5.69 Å². The van der Waals surface area contributed by atoms with Gasteiger partial charge >= 0.3 is 5.91 Å². The van der Waals surface area contributed by atoms with Crippen LogP contribution in [0.15, 0.2) is 95.5 Å². The molecule has 212 valence electrons. The minimum Gasteiger partial charge on any atom is -0.490 e. The van der Waals surface area contributed by atoms with Crippen LogP contribution in [0.4, 0.5) is 0 Å². The Hall–Kier alpha value is -4.98. The molecule has 0 radical (unpaired) electrons. The molecule has 2 aromatic heterocycles. The van der Waals surface area contributed by atoms with E-state index in [2.05, 4.69) is 54.2 Å². The van der Waals surface area contributed by atoms with E-state index in [0.29, 0.717) is 42.6 Å². The van der Waals surface area contributed by atoms with Crippen LogP contribution in [-0.2, 0) is 13.0 Å².